The zero-order valence-corrected chi connectivity index (χ0v) is 13.1. The Labute approximate surface area is 127 Å². The van der Waals surface area contributed by atoms with Crippen LogP contribution in [-0.2, 0) is 6.54 Å². The van der Waals surface area contributed by atoms with Crippen LogP contribution in [0.3, 0.4) is 0 Å². The molecule has 1 aromatic carbocycles. The molecule has 20 heavy (non-hydrogen) atoms. The summed E-state index contributed by atoms with van der Waals surface area (Å²) < 4.78 is 6.56. The predicted molar refractivity (Wildman–Crippen MR) is 84.7 cm³/mol. The predicted octanol–water partition coefficient (Wildman–Crippen LogP) is 4.23. The summed E-state index contributed by atoms with van der Waals surface area (Å²) in [5.41, 5.74) is 8.33. The molecule has 0 bridgehead atoms. The summed E-state index contributed by atoms with van der Waals surface area (Å²) in [5.74, 6) is 1.00. The van der Waals surface area contributed by atoms with E-state index in [9.17, 15) is 0 Å². The highest BCUT2D eigenvalue weighted by molar-refractivity contribution is 9.10. The van der Waals surface area contributed by atoms with Crippen LogP contribution in [0.5, 0.6) is 0 Å². The van der Waals surface area contributed by atoms with Crippen LogP contribution in [0.4, 0.5) is 5.69 Å². The van der Waals surface area contributed by atoms with Crippen molar-refractivity contribution in [1.29, 1.82) is 0 Å². The summed E-state index contributed by atoms with van der Waals surface area (Å²) in [6.45, 7) is 2.82. The lowest BCUT2D eigenvalue weighted by Gasteiger charge is -2.24. The third-order valence-electron chi connectivity index (χ3n) is 3.70. The summed E-state index contributed by atoms with van der Waals surface area (Å²) in [6, 6.07) is 11.1. The smallest absolute Gasteiger partial charge is 0.123 e. The van der Waals surface area contributed by atoms with Crippen molar-refractivity contribution >= 4 is 21.6 Å². The van der Waals surface area contributed by atoms with Gasteiger partial charge in [0.15, 0.2) is 0 Å². The molecule has 0 amide bonds. The molecular weight excluding hydrogens is 316 g/mol. The number of rotatable bonds is 5. The van der Waals surface area contributed by atoms with Gasteiger partial charge in [-0.05, 0) is 49.6 Å². The van der Waals surface area contributed by atoms with E-state index < -0.39 is 0 Å². The van der Waals surface area contributed by atoms with Crippen LogP contribution >= 0.6 is 15.9 Å². The number of nitrogens with zero attached hydrogens (tertiary/aromatic N) is 1. The first kappa shape index (κ1) is 13.7. The average molecular weight is 335 g/mol. The molecule has 1 aliphatic carbocycles. The number of benzene rings is 1. The van der Waals surface area contributed by atoms with Gasteiger partial charge in [0.25, 0.3) is 0 Å². The number of hydrogen-bond acceptors (Lipinski definition) is 3. The molecular formula is C16H19BrN2O. The van der Waals surface area contributed by atoms with Crippen molar-refractivity contribution in [3.05, 3.63) is 52.4 Å². The molecule has 1 fully saturated rings. The molecule has 4 heteroatoms. The van der Waals surface area contributed by atoms with Crippen molar-refractivity contribution < 1.29 is 4.42 Å². The molecule has 0 saturated heterocycles. The molecule has 3 nitrogen and oxygen atoms in total. The van der Waals surface area contributed by atoms with Crippen LogP contribution in [0.25, 0.3) is 0 Å². The Morgan fingerprint density at radius 2 is 2.20 bits per heavy atom. The van der Waals surface area contributed by atoms with E-state index in [2.05, 4.69) is 39.0 Å². The lowest BCUT2D eigenvalue weighted by molar-refractivity contribution is 0.501. The van der Waals surface area contributed by atoms with Gasteiger partial charge in [-0.25, -0.2) is 0 Å². The van der Waals surface area contributed by atoms with Gasteiger partial charge in [-0.15, -0.1) is 0 Å². The van der Waals surface area contributed by atoms with Gasteiger partial charge in [0.05, 0.1) is 12.8 Å². The molecule has 0 aliphatic heterocycles. The molecule has 1 aliphatic rings. The molecule has 2 N–H and O–H groups in total. The van der Waals surface area contributed by atoms with Crippen molar-refractivity contribution in [2.24, 2.45) is 5.73 Å². The Morgan fingerprint density at radius 3 is 2.75 bits per heavy atom. The van der Waals surface area contributed by atoms with Gasteiger partial charge in [-0.2, -0.15) is 0 Å². The summed E-state index contributed by atoms with van der Waals surface area (Å²) in [6.07, 6.45) is 4.25. The molecule has 0 radical (unpaired) electrons. The fourth-order valence-electron chi connectivity index (χ4n) is 2.45. The second kappa shape index (κ2) is 5.62. The van der Waals surface area contributed by atoms with Crippen molar-refractivity contribution in [2.45, 2.75) is 38.4 Å². The van der Waals surface area contributed by atoms with Crippen molar-refractivity contribution in [1.82, 2.24) is 0 Å². The highest BCUT2D eigenvalue weighted by Crippen LogP contribution is 2.35. The third-order valence-corrected chi connectivity index (χ3v) is 4.39. The van der Waals surface area contributed by atoms with E-state index >= 15 is 0 Å². The first-order valence-electron chi connectivity index (χ1n) is 6.99. The maximum atomic E-state index is 5.96. The Bertz CT molecular complexity index is 576. The number of hydrogen-bond donors (Lipinski definition) is 1. The molecule has 1 atom stereocenters. The molecule has 1 saturated carbocycles. The normalized spacial score (nSPS) is 16.1. The monoisotopic (exact) mass is 334 g/mol. The van der Waals surface area contributed by atoms with Crippen LogP contribution in [-0.4, -0.2) is 6.04 Å². The topological polar surface area (TPSA) is 42.4 Å². The zero-order chi connectivity index (χ0) is 14.1. The quantitative estimate of drug-likeness (QED) is 0.889. The number of anilines is 1. The Kier molecular flexibility index (Phi) is 3.85. The fourth-order valence-corrected chi connectivity index (χ4v) is 3.18. The van der Waals surface area contributed by atoms with E-state index in [1.54, 1.807) is 6.26 Å². The first-order chi connectivity index (χ1) is 9.65. The third kappa shape index (κ3) is 2.91. The van der Waals surface area contributed by atoms with Gasteiger partial charge < -0.3 is 15.1 Å². The first-order valence-corrected chi connectivity index (χ1v) is 7.78. The molecule has 1 unspecified atom stereocenters. The second-order valence-corrected chi connectivity index (χ2v) is 6.29. The number of halogens is 1. The van der Waals surface area contributed by atoms with Gasteiger partial charge in [0.2, 0.25) is 0 Å². The van der Waals surface area contributed by atoms with E-state index in [0.29, 0.717) is 6.04 Å². The summed E-state index contributed by atoms with van der Waals surface area (Å²) >= 11 is 3.63. The van der Waals surface area contributed by atoms with Gasteiger partial charge >= 0.3 is 0 Å². The zero-order valence-electron chi connectivity index (χ0n) is 11.6. The van der Waals surface area contributed by atoms with Crippen molar-refractivity contribution in [2.75, 3.05) is 4.90 Å². The maximum absolute atomic E-state index is 5.96. The molecule has 3 rings (SSSR count). The van der Waals surface area contributed by atoms with E-state index in [1.165, 1.54) is 18.5 Å². The minimum Gasteiger partial charge on any atom is -0.467 e. The Hall–Kier alpha value is -1.26. The van der Waals surface area contributed by atoms with Gasteiger partial charge in [0.1, 0.15) is 5.76 Å². The highest BCUT2D eigenvalue weighted by Gasteiger charge is 2.30. The van der Waals surface area contributed by atoms with Gasteiger partial charge in [-0.3, -0.25) is 0 Å². The van der Waals surface area contributed by atoms with Crippen LogP contribution in [0.1, 0.15) is 37.1 Å². The Balaban J connectivity index is 1.86. The lowest BCUT2D eigenvalue weighted by atomic mass is 10.1. The van der Waals surface area contributed by atoms with E-state index in [-0.39, 0.29) is 6.04 Å². The molecule has 1 aromatic heterocycles. The second-order valence-electron chi connectivity index (χ2n) is 5.43. The minimum atomic E-state index is 0.0397. The highest BCUT2D eigenvalue weighted by atomic mass is 79.9. The average Bonchev–Trinajstić information content (AvgIpc) is 3.12. The van der Waals surface area contributed by atoms with Crippen LogP contribution in [0, 0.1) is 0 Å². The number of furan rings is 1. The number of nitrogens with two attached hydrogens (primary N) is 1. The molecule has 1 heterocycles. The van der Waals surface area contributed by atoms with E-state index in [4.69, 9.17) is 10.2 Å². The molecule has 2 aromatic rings. The molecule has 106 valence electrons. The summed E-state index contributed by atoms with van der Waals surface area (Å²) in [7, 11) is 0. The van der Waals surface area contributed by atoms with Crippen molar-refractivity contribution in [3.63, 3.8) is 0 Å². The maximum Gasteiger partial charge on any atom is 0.123 e. The Morgan fingerprint density at radius 1 is 1.40 bits per heavy atom. The summed E-state index contributed by atoms with van der Waals surface area (Å²) in [5, 5.41) is 0. The summed E-state index contributed by atoms with van der Waals surface area (Å²) in [4.78, 5) is 2.41. The minimum absolute atomic E-state index is 0.0397. The largest absolute Gasteiger partial charge is 0.467 e. The molecule has 0 spiro atoms. The van der Waals surface area contributed by atoms with E-state index in [0.717, 1.165) is 22.3 Å². The van der Waals surface area contributed by atoms with Crippen LogP contribution in [0.2, 0.25) is 0 Å². The SMILES string of the molecule is CC(N)c1ccc(N(Cc2ccco2)C2CC2)cc1Br. The van der Waals surface area contributed by atoms with Crippen LogP contribution < -0.4 is 10.6 Å². The fraction of sp³-hybridized carbons (Fsp3) is 0.375. The standard InChI is InChI=1S/C16H19BrN2O/c1-11(18)15-7-6-13(9-16(15)17)19(12-4-5-12)10-14-3-2-8-20-14/h2-3,6-9,11-12H,4-5,10,18H2,1H3. The van der Waals surface area contributed by atoms with Crippen molar-refractivity contribution in [3.8, 4) is 0 Å². The van der Waals surface area contributed by atoms with E-state index in [1.807, 2.05) is 19.1 Å². The van der Waals surface area contributed by atoms with Gasteiger partial charge in [-0.1, -0.05) is 22.0 Å². The van der Waals surface area contributed by atoms with Gasteiger partial charge in [0, 0.05) is 22.2 Å². The lowest BCUT2D eigenvalue weighted by Crippen LogP contribution is -2.24. The van der Waals surface area contributed by atoms with Crippen LogP contribution in [0.15, 0.2) is 45.5 Å².